The number of rotatable bonds is 7. The molecule has 5 aromatic rings. The van der Waals surface area contributed by atoms with Gasteiger partial charge >= 0.3 is 17.6 Å². The molecule has 11 nitrogen and oxygen atoms in total. The molecule has 6 rings (SSSR count). The molecule has 1 aliphatic heterocycles. The lowest BCUT2D eigenvalue weighted by molar-refractivity contribution is 0.0686. The fourth-order valence-corrected chi connectivity index (χ4v) is 5.42. The first-order chi connectivity index (χ1) is 19.8. The molecule has 1 fully saturated rings. The number of phenolic OH excluding ortho intramolecular Hbond substituents is 1. The molecule has 0 bridgehead atoms. The number of nitrogens with zero attached hydrogens (tertiary/aromatic N) is 5. The van der Waals surface area contributed by atoms with Gasteiger partial charge in [-0.05, 0) is 60.5 Å². The van der Waals surface area contributed by atoms with Crippen molar-refractivity contribution >= 4 is 23.1 Å². The van der Waals surface area contributed by atoms with Gasteiger partial charge in [-0.25, -0.2) is 19.4 Å². The van der Waals surface area contributed by atoms with Gasteiger partial charge in [0.15, 0.2) is 5.65 Å². The van der Waals surface area contributed by atoms with Crippen LogP contribution in [0.3, 0.4) is 0 Å². The molecule has 3 aromatic heterocycles. The molecule has 1 unspecified atom stereocenters. The summed E-state index contributed by atoms with van der Waals surface area (Å²) < 4.78 is 3.21. The van der Waals surface area contributed by atoms with Gasteiger partial charge in [-0.1, -0.05) is 12.1 Å². The summed E-state index contributed by atoms with van der Waals surface area (Å²) in [7, 11) is 0. The maximum absolute atomic E-state index is 13.9. The van der Waals surface area contributed by atoms with E-state index >= 15 is 0 Å². The largest absolute Gasteiger partial charge is 0.507 e. The van der Waals surface area contributed by atoms with E-state index in [1.54, 1.807) is 47.2 Å². The van der Waals surface area contributed by atoms with E-state index in [4.69, 9.17) is 5.11 Å². The molecule has 0 radical (unpaired) electrons. The minimum atomic E-state index is -1.03. The molecule has 3 N–H and O–H groups in total. The van der Waals surface area contributed by atoms with Gasteiger partial charge in [-0.15, -0.1) is 0 Å². The third-order valence-corrected chi connectivity index (χ3v) is 7.38. The molecule has 4 heterocycles. The fourth-order valence-electron chi connectivity index (χ4n) is 5.42. The van der Waals surface area contributed by atoms with Crippen LogP contribution >= 0.6 is 0 Å². The molecule has 0 aliphatic carbocycles. The van der Waals surface area contributed by atoms with E-state index in [0.29, 0.717) is 59.7 Å². The molecule has 2 aromatic carbocycles. The number of phenols is 1. The lowest BCUT2D eigenvalue weighted by Gasteiger charge is -2.16. The topological polar surface area (TPSA) is 151 Å². The highest BCUT2D eigenvalue weighted by Crippen LogP contribution is 2.33. The summed E-state index contributed by atoms with van der Waals surface area (Å²) in [5.41, 5.74) is 3.44. The molecular weight excluding hydrogens is 526 g/mol. The van der Waals surface area contributed by atoms with Crippen LogP contribution in [0.15, 0.2) is 83.9 Å². The van der Waals surface area contributed by atoms with Crippen LogP contribution in [-0.4, -0.2) is 64.3 Å². The molecule has 206 valence electrons. The molecule has 0 amide bonds. The van der Waals surface area contributed by atoms with Crippen LogP contribution in [0.1, 0.15) is 38.9 Å². The van der Waals surface area contributed by atoms with Crippen molar-refractivity contribution in [3.05, 3.63) is 106 Å². The molecule has 11 heteroatoms. The lowest BCUT2D eigenvalue weighted by Crippen LogP contribution is -2.29. The number of imidazole rings is 1. The van der Waals surface area contributed by atoms with Crippen LogP contribution in [0.2, 0.25) is 0 Å². The first-order valence-corrected chi connectivity index (χ1v) is 13.0. The van der Waals surface area contributed by atoms with Gasteiger partial charge in [0, 0.05) is 43.7 Å². The number of hydrogen-bond acceptors (Lipinski definition) is 7. The van der Waals surface area contributed by atoms with E-state index in [0.717, 1.165) is 0 Å². The molecule has 0 saturated carbocycles. The van der Waals surface area contributed by atoms with Crippen LogP contribution in [0, 0.1) is 0 Å². The van der Waals surface area contributed by atoms with Gasteiger partial charge in [0.2, 0.25) is 0 Å². The van der Waals surface area contributed by atoms with Crippen molar-refractivity contribution in [3.63, 3.8) is 0 Å². The number of likely N-dealkylation sites (tertiary alicyclic amines) is 1. The molecular formula is C30H25N5O6. The van der Waals surface area contributed by atoms with Gasteiger partial charge in [-0.3, -0.25) is 19.0 Å². The van der Waals surface area contributed by atoms with E-state index in [1.165, 1.54) is 35.0 Å². The van der Waals surface area contributed by atoms with Crippen LogP contribution in [0.5, 0.6) is 5.75 Å². The van der Waals surface area contributed by atoms with Gasteiger partial charge in [0.1, 0.15) is 5.75 Å². The van der Waals surface area contributed by atoms with Crippen molar-refractivity contribution in [3.8, 4) is 22.6 Å². The van der Waals surface area contributed by atoms with E-state index in [2.05, 4.69) is 14.9 Å². The van der Waals surface area contributed by atoms with Gasteiger partial charge in [0.05, 0.1) is 34.1 Å². The molecule has 1 saturated heterocycles. The Kier molecular flexibility index (Phi) is 6.56. The monoisotopic (exact) mass is 551 g/mol. The molecule has 41 heavy (non-hydrogen) atoms. The average Bonchev–Trinajstić information content (AvgIpc) is 3.54. The Morgan fingerprint density at radius 2 is 1.68 bits per heavy atom. The standard InChI is InChI=1S/C30H25N5O6/c36-26-15-22(7-8-24(26)18-3-5-19(6-4-18)28(37)38)34-25-2-1-11-32-27(25)35(30(34)41)23-10-13-33(17-23)16-21-14-20(29(39)40)9-12-31-21/h1-9,11-12,14-15,23,36H,10,13,16-17H2,(H,37,38)(H,39,40). The zero-order chi connectivity index (χ0) is 28.7. The number of fused-ring (bicyclic) bond motifs is 1. The smallest absolute Gasteiger partial charge is 0.335 e. The highest BCUT2D eigenvalue weighted by atomic mass is 16.4. The minimum Gasteiger partial charge on any atom is -0.507 e. The number of benzene rings is 2. The van der Waals surface area contributed by atoms with Crippen LogP contribution in [-0.2, 0) is 6.54 Å². The highest BCUT2D eigenvalue weighted by Gasteiger charge is 2.29. The van der Waals surface area contributed by atoms with E-state index in [9.17, 15) is 24.6 Å². The Bertz CT molecular complexity index is 1860. The SMILES string of the molecule is O=C(O)c1ccc(-c2ccc(-n3c(=O)n(C4CCN(Cc5cc(C(=O)O)ccn5)C4)c4ncccc43)cc2O)cc1. The number of aromatic hydroxyl groups is 1. The van der Waals surface area contributed by atoms with Crippen molar-refractivity contribution in [2.45, 2.75) is 19.0 Å². The molecule has 1 atom stereocenters. The highest BCUT2D eigenvalue weighted by molar-refractivity contribution is 5.89. The summed E-state index contributed by atoms with van der Waals surface area (Å²) in [5.74, 6) is -2.09. The first-order valence-electron chi connectivity index (χ1n) is 13.0. The number of pyridine rings is 2. The Labute approximate surface area is 233 Å². The summed E-state index contributed by atoms with van der Waals surface area (Å²) in [5, 5.41) is 29.3. The van der Waals surface area contributed by atoms with Crippen LogP contribution < -0.4 is 5.69 Å². The summed E-state index contributed by atoms with van der Waals surface area (Å²) >= 11 is 0. The molecule has 0 spiro atoms. The van der Waals surface area contributed by atoms with Crippen LogP contribution in [0.4, 0.5) is 0 Å². The average molecular weight is 552 g/mol. The second-order valence-electron chi connectivity index (χ2n) is 9.94. The number of hydrogen-bond donors (Lipinski definition) is 3. The number of aromatic carboxylic acids is 2. The second kappa shape index (κ2) is 10.4. The Hall–Kier alpha value is -5.29. The third-order valence-electron chi connectivity index (χ3n) is 7.38. The summed E-state index contributed by atoms with van der Waals surface area (Å²) in [6, 6.07) is 17.6. The third kappa shape index (κ3) is 4.83. The lowest BCUT2D eigenvalue weighted by atomic mass is 10.0. The summed E-state index contributed by atoms with van der Waals surface area (Å²) in [6.45, 7) is 1.72. The normalized spacial score (nSPS) is 15.4. The van der Waals surface area contributed by atoms with Gasteiger partial charge < -0.3 is 15.3 Å². The van der Waals surface area contributed by atoms with E-state index < -0.39 is 11.9 Å². The predicted octanol–water partition coefficient (Wildman–Crippen LogP) is 3.80. The predicted molar refractivity (Wildman–Crippen MR) is 150 cm³/mol. The maximum atomic E-state index is 13.9. The zero-order valence-corrected chi connectivity index (χ0v) is 21.7. The number of carboxylic acid groups (broad SMARTS) is 2. The minimum absolute atomic E-state index is 0.0506. The Balaban J connectivity index is 1.31. The fraction of sp³-hybridized carbons (Fsp3) is 0.167. The Morgan fingerprint density at radius 1 is 0.902 bits per heavy atom. The van der Waals surface area contributed by atoms with Gasteiger partial charge in [-0.2, -0.15) is 0 Å². The number of carboxylic acids is 2. The number of carbonyl (C=O) groups is 2. The second-order valence-corrected chi connectivity index (χ2v) is 9.94. The van der Waals surface area contributed by atoms with E-state index in [-0.39, 0.29) is 28.6 Å². The van der Waals surface area contributed by atoms with Crippen molar-refractivity contribution in [1.29, 1.82) is 0 Å². The van der Waals surface area contributed by atoms with Gasteiger partial charge in [0.25, 0.3) is 0 Å². The quantitative estimate of drug-likeness (QED) is 0.274. The molecule has 1 aliphatic rings. The maximum Gasteiger partial charge on any atom is 0.335 e. The first kappa shape index (κ1) is 26.0. The van der Waals surface area contributed by atoms with E-state index in [1.807, 2.05) is 6.07 Å². The van der Waals surface area contributed by atoms with Crippen molar-refractivity contribution in [1.82, 2.24) is 24.0 Å². The number of aromatic nitrogens is 4. The zero-order valence-electron chi connectivity index (χ0n) is 21.7. The Morgan fingerprint density at radius 3 is 2.41 bits per heavy atom. The van der Waals surface area contributed by atoms with Crippen molar-refractivity contribution in [2.24, 2.45) is 0 Å². The summed E-state index contributed by atoms with van der Waals surface area (Å²) in [6.07, 6.45) is 3.82. The van der Waals surface area contributed by atoms with Crippen molar-refractivity contribution in [2.75, 3.05) is 13.1 Å². The summed E-state index contributed by atoms with van der Waals surface area (Å²) in [4.78, 5) is 47.3. The van der Waals surface area contributed by atoms with Crippen molar-refractivity contribution < 1.29 is 24.9 Å². The van der Waals surface area contributed by atoms with Crippen LogP contribution in [0.25, 0.3) is 28.0 Å².